The first kappa shape index (κ1) is 11.3. The molecule has 0 aliphatic heterocycles. The summed E-state index contributed by atoms with van der Waals surface area (Å²) >= 11 is 0. The molecule has 0 aliphatic carbocycles. The molecule has 0 fully saturated rings. The van der Waals surface area contributed by atoms with Crippen molar-refractivity contribution in [3.05, 3.63) is 35.4 Å². The number of benzene rings is 1. The minimum atomic E-state index is 0.0465. The summed E-state index contributed by atoms with van der Waals surface area (Å²) in [7, 11) is 0. The van der Waals surface area contributed by atoms with Crippen LogP contribution in [0.15, 0.2) is 24.3 Å². The third-order valence-electron chi connectivity index (χ3n) is 2.64. The van der Waals surface area contributed by atoms with E-state index in [1.54, 1.807) is 0 Å². The normalized spacial score (nSPS) is 11.7. The lowest BCUT2D eigenvalue weighted by Crippen LogP contribution is -2.17. The van der Waals surface area contributed by atoms with Crippen LogP contribution in [-0.2, 0) is 6.42 Å². The van der Waals surface area contributed by atoms with Gasteiger partial charge < -0.3 is 5.11 Å². The molecule has 0 saturated carbocycles. The average molecular weight is 192 g/mol. The Morgan fingerprint density at radius 1 is 1.14 bits per heavy atom. The molecule has 0 amide bonds. The van der Waals surface area contributed by atoms with Gasteiger partial charge in [-0.15, -0.1) is 0 Å². The molecule has 1 aromatic rings. The lowest BCUT2D eigenvalue weighted by atomic mass is 9.87. The highest BCUT2D eigenvalue weighted by atomic mass is 16.3. The molecule has 0 saturated heterocycles. The third kappa shape index (κ3) is 3.51. The predicted molar refractivity (Wildman–Crippen MR) is 60.4 cm³/mol. The fourth-order valence-corrected chi connectivity index (χ4v) is 1.32. The second kappa shape index (κ2) is 4.61. The monoisotopic (exact) mass is 192 g/mol. The molecule has 0 atom stereocenters. The van der Waals surface area contributed by atoms with Crippen LogP contribution in [0.25, 0.3) is 0 Å². The Labute approximate surface area is 86.8 Å². The Balaban J connectivity index is 2.50. The average Bonchev–Trinajstić information content (AvgIpc) is 2.17. The van der Waals surface area contributed by atoms with E-state index < -0.39 is 0 Å². The summed E-state index contributed by atoms with van der Waals surface area (Å²) < 4.78 is 0. The van der Waals surface area contributed by atoms with E-state index in [9.17, 15) is 0 Å². The molecule has 0 spiro atoms. The number of aliphatic hydroxyl groups is 1. The van der Waals surface area contributed by atoms with Crippen LogP contribution in [0, 0.1) is 12.3 Å². The number of aliphatic hydroxyl groups excluding tert-OH is 1. The van der Waals surface area contributed by atoms with Gasteiger partial charge in [0.1, 0.15) is 0 Å². The van der Waals surface area contributed by atoms with E-state index in [0.717, 1.165) is 12.8 Å². The van der Waals surface area contributed by atoms with Crippen molar-refractivity contribution in [1.29, 1.82) is 0 Å². The van der Waals surface area contributed by atoms with Gasteiger partial charge in [0.25, 0.3) is 0 Å². The van der Waals surface area contributed by atoms with Gasteiger partial charge in [-0.25, -0.2) is 0 Å². The molecule has 78 valence electrons. The maximum Gasteiger partial charge on any atom is 0.0482 e. The fraction of sp³-hybridized carbons (Fsp3) is 0.538. The summed E-state index contributed by atoms with van der Waals surface area (Å²) in [6.45, 7) is 6.56. The van der Waals surface area contributed by atoms with Gasteiger partial charge in [-0.1, -0.05) is 43.7 Å². The summed E-state index contributed by atoms with van der Waals surface area (Å²) in [6, 6.07) is 8.62. The standard InChI is InChI=1S/C13H20O/c1-11-4-6-12(7-5-11)8-9-13(2,3)10-14/h4-7,14H,8-10H2,1-3H3. The number of aryl methyl sites for hydroxylation is 2. The molecule has 1 heteroatoms. The summed E-state index contributed by atoms with van der Waals surface area (Å²) in [5.74, 6) is 0. The van der Waals surface area contributed by atoms with Gasteiger partial charge in [0, 0.05) is 6.61 Å². The van der Waals surface area contributed by atoms with Crippen LogP contribution >= 0.6 is 0 Å². The second-order valence-corrected chi connectivity index (χ2v) is 4.81. The summed E-state index contributed by atoms with van der Waals surface area (Å²) in [5.41, 5.74) is 2.71. The Morgan fingerprint density at radius 3 is 2.21 bits per heavy atom. The van der Waals surface area contributed by atoms with E-state index in [1.165, 1.54) is 11.1 Å². The molecular weight excluding hydrogens is 172 g/mol. The van der Waals surface area contributed by atoms with Gasteiger partial charge in [-0.05, 0) is 30.7 Å². The van der Waals surface area contributed by atoms with Crippen molar-refractivity contribution < 1.29 is 5.11 Å². The topological polar surface area (TPSA) is 20.2 Å². The first-order valence-corrected chi connectivity index (χ1v) is 5.20. The Morgan fingerprint density at radius 2 is 1.71 bits per heavy atom. The van der Waals surface area contributed by atoms with E-state index in [-0.39, 0.29) is 12.0 Å². The van der Waals surface area contributed by atoms with Crippen molar-refractivity contribution in [2.45, 2.75) is 33.6 Å². The maximum absolute atomic E-state index is 9.12. The van der Waals surface area contributed by atoms with Crippen LogP contribution in [-0.4, -0.2) is 11.7 Å². The molecule has 1 nitrogen and oxygen atoms in total. The number of hydrogen-bond donors (Lipinski definition) is 1. The summed E-state index contributed by atoms with van der Waals surface area (Å²) in [4.78, 5) is 0. The molecule has 0 aromatic heterocycles. The van der Waals surface area contributed by atoms with Crippen molar-refractivity contribution in [2.75, 3.05) is 6.61 Å². The largest absolute Gasteiger partial charge is 0.396 e. The summed E-state index contributed by atoms with van der Waals surface area (Å²) in [6.07, 6.45) is 2.08. The Kier molecular flexibility index (Phi) is 3.70. The SMILES string of the molecule is Cc1ccc(CCC(C)(C)CO)cc1. The van der Waals surface area contributed by atoms with Crippen molar-refractivity contribution in [1.82, 2.24) is 0 Å². The van der Waals surface area contributed by atoms with Crippen molar-refractivity contribution in [2.24, 2.45) is 5.41 Å². The van der Waals surface area contributed by atoms with Crippen molar-refractivity contribution in [3.63, 3.8) is 0 Å². The van der Waals surface area contributed by atoms with Crippen LogP contribution in [0.1, 0.15) is 31.4 Å². The van der Waals surface area contributed by atoms with Gasteiger partial charge in [0.15, 0.2) is 0 Å². The van der Waals surface area contributed by atoms with Crippen LogP contribution in [0.2, 0.25) is 0 Å². The first-order chi connectivity index (χ1) is 6.53. The molecule has 0 aliphatic rings. The fourth-order valence-electron chi connectivity index (χ4n) is 1.32. The van der Waals surface area contributed by atoms with E-state index in [4.69, 9.17) is 5.11 Å². The minimum absolute atomic E-state index is 0.0465. The third-order valence-corrected chi connectivity index (χ3v) is 2.64. The van der Waals surface area contributed by atoms with Crippen molar-refractivity contribution >= 4 is 0 Å². The quantitative estimate of drug-likeness (QED) is 0.777. The number of hydrogen-bond acceptors (Lipinski definition) is 1. The molecule has 14 heavy (non-hydrogen) atoms. The summed E-state index contributed by atoms with van der Waals surface area (Å²) in [5, 5.41) is 9.12. The molecule has 0 heterocycles. The van der Waals surface area contributed by atoms with Crippen LogP contribution in [0.5, 0.6) is 0 Å². The van der Waals surface area contributed by atoms with E-state index in [0.29, 0.717) is 0 Å². The highest BCUT2D eigenvalue weighted by molar-refractivity contribution is 5.21. The smallest absolute Gasteiger partial charge is 0.0482 e. The lowest BCUT2D eigenvalue weighted by molar-refractivity contribution is 0.151. The zero-order valence-electron chi connectivity index (χ0n) is 9.38. The van der Waals surface area contributed by atoms with Gasteiger partial charge in [-0.2, -0.15) is 0 Å². The molecule has 0 bridgehead atoms. The van der Waals surface area contributed by atoms with Crippen LogP contribution < -0.4 is 0 Å². The molecule has 0 unspecified atom stereocenters. The second-order valence-electron chi connectivity index (χ2n) is 4.81. The van der Waals surface area contributed by atoms with Crippen LogP contribution in [0.4, 0.5) is 0 Å². The lowest BCUT2D eigenvalue weighted by Gasteiger charge is -2.21. The molecule has 1 rings (SSSR count). The molecule has 1 N–H and O–H groups in total. The zero-order valence-corrected chi connectivity index (χ0v) is 9.38. The van der Waals surface area contributed by atoms with E-state index >= 15 is 0 Å². The highest BCUT2D eigenvalue weighted by Crippen LogP contribution is 2.21. The highest BCUT2D eigenvalue weighted by Gasteiger charge is 2.15. The van der Waals surface area contributed by atoms with Gasteiger partial charge in [-0.3, -0.25) is 0 Å². The zero-order chi connectivity index (χ0) is 10.6. The van der Waals surface area contributed by atoms with Gasteiger partial charge >= 0.3 is 0 Å². The van der Waals surface area contributed by atoms with E-state index in [1.807, 2.05) is 0 Å². The number of rotatable bonds is 4. The van der Waals surface area contributed by atoms with Crippen molar-refractivity contribution in [3.8, 4) is 0 Å². The van der Waals surface area contributed by atoms with Gasteiger partial charge in [0.05, 0.1) is 0 Å². The maximum atomic E-state index is 9.12. The predicted octanol–water partition coefficient (Wildman–Crippen LogP) is 2.95. The Hall–Kier alpha value is -0.820. The molecule has 0 radical (unpaired) electrons. The first-order valence-electron chi connectivity index (χ1n) is 5.20. The minimum Gasteiger partial charge on any atom is -0.396 e. The van der Waals surface area contributed by atoms with Gasteiger partial charge in [0.2, 0.25) is 0 Å². The molecule has 1 aromatic carbocycles. The van der Waals surface area contributed by atoms with E-state index in [2.05, 4.69) is 45.0 Å². The van der Waals surface area contributed by atoms with Crippen LogP contribution in [0.3, 0.4) is 0 Å². The molecular formula is C13H20O. The Bertz CT molecular complexity index is 272.